The van der Waals surface area contributed by atoms with E-state index in [1.807, 2.05) is 54.6 Å². The fourth-order valence-corrected chi connectivity index (χ4v) is 6.93. The quantitative estimate of drug-likeness (QED) is 0.138. The molecular formula is C48H30O. The van der Waals surface area contributed by atoms with Gasteiger partial charge in [-0.15, -0.1) is 0 Å². The lowest BCUT2D eigenvalue weighted by Gasteiger charge is -2.19. The number of hydrogen-bond donors (Lipinski definition) is 0. The van der Waals surface area contributed by atoms with E-state index < -0.39 is 72.5 Å². The number of furan rings is 1. The maximum atomic E-state index is 9.63. The zero-order chi connectivity index (χ0) is 44.5. The summed E-state index contributed by atoms with van der Waals surface area (Å²) in [6.45, 7) is 0. The molecule has 0 amide bonds. The zero-order valence-electron chi connectivity index (χ0n) is 39.6. The standard InChI is InChI=1S/C48H30O/c1-2-13-31(14-3-1)32-25-29-35(30-26-32)48-47(41-22-10-11-24-43(41)49-48)46-39-20-8-6-18-37(39)45(38-19-7-9-21-40(38)46)42-23-12-16-34-28-27-33-15-4-5-17-36(33)44(34)42/h1-30H/i4D,6D,7D,8D,9D,12D,15D,16D,18D,19D,20D,21D,27D,28D. The summed E-state index contributed by atoms with van der Waals surface area (Å²) in [4.78, 5) is 0. The van der Waals surface area contributed by atoms with Crippen LogP contribution in [0.5, 0.6) is 0 Å². The number of para-hydroxylation sites is 1. The van der Waals surface area contributed by atoms with E-state index in [1.54, 1.807) is 24.3 Å². The van der Waals surface area contributed by atoms with Crippen LogP contribution in [0.15, 0.2) is 186 Å². The number of rotatable bonds is 4. The highest BCUT2D eigenvalue weighted by Crippen LogP contribution is 2.50. The fraction of sp³-hybridized carbons (Fsp3) is 0. The molecule has 1 heterocycles. The van der Waals surface area contributed by atoms with Crippen LogP contribution in [0.3, 0.4) is 0 Å². The summed E-state index contributed by atoms with van der Waals surface area (Å²) < 4.78 is 134. The highest BCUT2D eigenvalue weighted by Gasteiger charge is 2.24. The Balaban J connectivity index is 1.48. The summed E-state index contributed by atoms with van der Waals surface area (Å²) in [6.07, 6.45) is 0. The van der Waals surface area contributed by atoms with Crippen molar-refractivity contribution in [1.29, 1.82) is 0 Å². The monoisotopic (exact) mass is 636 g/mol. The van der Waals surface area contributed by atoms with E-state index in [9.17, 15) is 5.48 Å². The topological polar surface area (TPSA) is 13.1 Å². The molecule has 0 aliphatic rings. The first kappa shape index (κ1) is 17.1. The minimum absolute atomic E-state index is 0.0213. The minimum atomic E-state index is -0.645. The molecule has 49 heavy (non-hydrogen) atoms. The zero-order valence-corrected chi connectivity index (χ0v) is 25.6. The molecule has 0 saturated heterocycles. The van der Waals surface area contributed by atoms with Crippen LogP contribution in [0.25, 0.3) is 98.8 Å². The van der Waals surface area contributed by atoms with Crippen molar-refractivity contribution in [2.75, 3.05) is 0 Å². The van der Waals surface area contributed by atoms with Gasteiger partial charge in [0, 0.05) is 22.1 Å². The van der Waals surface area contributed by atoms with Crippen LogP contribution in [0.1, 0.15) is 19.2 Å². The summed E-state index contributed by atoms with van der Waals surface area (Å²) in [5, 5.41) is -0.150. The van der Waals surface area contributed by atoms with E-state index in [0.29, 0.717) is 22.1 Å². The molecule has 1 heteroatoms. The first-order valence-corrected chi connectivity index (χ1v) is 15.7. The SMILES string of the molecule is [2H]c1ccc2c(c1[2H])c([2H])c([2H])c1c([2H])c([2H])cc(-c3c4c([2H])c([2H])c([2H])c([2H])c4c(-c4c(-c5ccc(-c6ccccc6)cc5)oc5ccccc45)c4c([2H])c([2H])c([2H])c([2H])c34)c12. The molecule has 0 aliphatic heterocycles. The van der Waals surface area contributed by atoms with Gasteiger partial charge in [-0.1, -0.05) is 176 Å². The van der Waals surface area contributed by atoms with Crippen molar-refractivity contribution < 1.29 is 23.6 Å². The Morgan fingerprint density at radius 2 is 0.959 bits per heavy atom. The Bertz CT molecular complexity index is 3570. The largest absolute Gasteiger partial charge is 0.455 e. The first-order chi connectivity index (χ1) is 30.1. The summed E-state index contributed by atoms with van der Waals surface area (Å²) in [7, 11) is 0. The maximum absolute atomic E-state index is 9.63. The highest BCUT2D eigenvalue weighted by atomic mass is 16.3. The van der Waals surface area contributed by atoms with Crippen LogP contribution in [0.4, 0.5) is 0 Å². The van der Waals surface area contributed by atoms with Gasteiger partial charge in [0.25, 0.3) is 0 Å². The van der Waals surface area contributed by atoms with Gasteiger partial charge in [-0.25, -0.2) is 0 Å². The van der Waals surface area contributed by atoms with Gasteiger partial charge in [-0.05, 0) is 71.4 Å². The third kappa shape index (κ3) is 4.33. The van der Waals surface area contributed by atoms with Crippen LogP contribution in [-0.4, -0.2) is 0 Å². The van der Waals surface area contributed by atoms with Crippen molar-refractivity contribution >= 4 is 54.1 Å². The molecule has 0 unspecified atom stereocenters. The van der Waals surface area contributed by atoms with Crippen molar-refractivity contribution in [3.63, 3.8) is 0 Å². The van der Waals surface area contributed by atoms with Crippen molar-refractivity contribution in [3.8, 4) is 44.7 Å². The third-order valence-electron chi connectivity index (χ3n) is 9.06. The predicted molar refractivity (Wildman–Crippen MR) is 208 cm³/mol. The van der Waals surface area contributed by atoms with Gasteiger partial charge < -0.3 is 4.42 Å². The smallest absolute Gasteiger partial charge is 0.143 e. The van der Waals surface area contributed by atoms with Gasteiger partial charge in [-0.3, -0.25) is 0 Å². The number of fused-ring (bicyclic) bond motifs is 6. The van der Waals surface area contributed by atoms with Crippen LogP contribution in [0, 0.1) is 0 Å². The van der Waals surface area contributed by atoms with E-state index in [-0.39, 0.29) is 77.6 Å². The molecule has 1 aromatic heterocycles. The van der Waals surface area contributed by atoms with Gasteiger partial charge in [0.15, 0.2) is 0 Å². The molecule has 0 bridgehead atoms. The second-order valence-electron chi connectivity index (χ2n) is 11.7. The second kappa shape index (κ2) is 11.1. The van der Waals surface area contributed by atoms with Gasteiger partial charge in [0.2, 0.25) is 0 Å². The summed E-state index contributed by atoms with van der Waals surface area (Å²) in [6, 6.07) is 21.2. The van der Waals surface area contributed by atoms with Crippen molar-refractivity contribution in [3.05, 3.63) is 182 Å². The Hall–Kier alpha value is -6.44. The molecule has 0 spiro atoms. The van der Waals surface area contributed by atoms with E-state index in [0.717, 1.165) is 11.1 Å². The molecule has 0 fully saturated rings. The molecule has 228 valence electrons. The number of hydrogen-bond acceptors (Lipinski definition) is 1. The third-order valence-corrected chi connectivity index (χ3v) is 9.06. The molecule has 0 aliphatic carbocycles. The Morgan fingerprint density at radius 3 is 1.71 bits per heavy atom. The lowest BCUT2D eigenvalue weighted by Crippen LogP contribution is -1.92. The minimum Gasteiger partial charge on any atom is -0.455 e. The normalized spacial score (nSPS) is 15.7. The molecule has 9 aromatic carbocycles. The first-order valence-electron chi connectivity index (χ1n) is 22.7. The van der Waals surface area contributed by atoms with E-state index in [4.69, 9.17) is 18.1 Å². The Kier molecular flexibility index (Phi) is 3.87. The van der Waals surface area contributed by atoms with Gasteiger partial charge >= 0.3 is 0 Å². The fourth-order valence-electron chi connectivity index (χ4n) is 6.93. The van der Waals surface area contributed by atoms with E-state index in [2.05, 4.69) is 0 Å². The van der Waals surface area contributed by atoms with Crippen LogP contribution in [-0.2, 0) is 0 Å². The predicted octanol–water partition coefficient (Wildman–Crippen LogP) is 13.7. The molecule has 1 nitrogen and oxygen atoms in total. The summed E-state index contributed by atoms with van der Waals surface area (Å²) in [5.41, 5.74) is 3.07. The maximum Gasteiger partial charge on any atom is 0.143 e. The van der Waals surface area contributed by atoms with Gasteiger partial charge in [0.05, 0.1) is 19.2 Å². The molecule has 0 atom stereocenters. The van der Waals surface area contributed by atoms with E-state index >= 15 is 0 Å². The van der Waals surface area contributed by atoms with Crippen LogP contribution in [0.2, 0.25) is 0 Å². The Labute approximate surface area is 304 Å². The molecule has 0 radical (unpaired) electrons. The molecular weight excluding hydrogens is 593 g/mol. The average molecular weight is 637 g/mol. The lowest BCUT2D eigenvalue weighted by molar-refractivity contribution is 0.632. The second-order valence-corrected chi connectivity index (χ2v) is 11.7. The van der Waals surface area contributed by atoms with Crippen molar-refractivity contribution in [2.24, 2.45) is 0 Å². The van der Waals surface area contributed by atoms with Crippen LogP contribution >= 0.6 is 0 Å². The molecule has 0 N–H and O–H groups in total. The van der Waals surface area contributed by atoms with Crippen molar-refractivity contribution in [2.45, 2.75) is 0 Å². The van der Waals surface area contributed by atoms with Crippen molar-refractivity contribution in [1.82, 2.24) is 0 Å². The summed E-state index contributed by atoms with van der Waals surface area (Å²) in [5.74, 6) is 0.269. The van der Waals surface area contributed by atoms with Crippen LogP contribution < -0.4 is 0 Å². The highest BCUT2D eigenvalue weighted by molar-refractivity contribution is 6.28. The number of benzene rings is 9. The van der Waals surface area contributed by atoms with Gasteiger partial charge in [-0.2, -0.15) is 0 Å². The molecule has 0 saturated carbocycles. The van der Waals surface area contributed by atoms with Gasteiger partial charge in [0.1, 0.15) is 11.3 Å². The Morgan fingerprint density at radius 1 is 0.367 bits per heavy atom. The average Bonchev–Trinajstić information content (AvgIpc) is 3.68. The van der Waals surface area contributed by atoms with E-state index in [1.165, 1.54) is 18.2 Å². The summed E-state index contributed by atoms with van der Waals surface area (Å²) >= 11 is 0. The lowest BCUT2D eigenvalue weighted by atomic mass is 9.83. The molecule has 10 aromatic rings. The molecule has 10 rings (SSSR count).